The molecule has 19 heteroatoms. The number of rotatable bonds is 26. The van der Waals surface area contributed by atoms with Gasteiger partial charge in [0.1, 0.15) is 12.2 Å². The van der Waals surface area contributed by atoms with E-state index in [1.165, 1.54) is 61.0 Å². The lowest BCUT2D eigenvalue weighted by Gasteiger charge is -2.29. The summed E-state index contributed by atoms with van der Waals surface area (Å²) in [5.41, 5.74) is 0.131. The van der Waals surface area contributed by atoms with E-state index >= 15 is 0 Å². The van der Waals surface area contributed by atoms with Crippen molar-refractivity contribution in [3.05, 3.63) is 71.3 Å². The van der Waals surface area contributed by atoms with Crippen LogP contribution in [0.4, 0.5) is 0 Å². The molecule has 2 aliphatic rings. The number of ether oxygens (including phenoxy) is 2. The second kappa shape index (κ2) is 25.3. The fraction of sp³-hybridized carbons (Fsp3) is 0.520. The quantitative estimate of drug-likeness (QED) is 0.0343. The molecule has 0 fully saturated rings. The van der Waals surface area contributed by atoms with Crippen LogP contribution in [-0.2, 0) is 23.9 Å². The second-order valence-electron chi connectivity index (χ2n) is 17.9. The summed E-state index contributed by atoms with van der Waals surface area (Å²) in [4.78, 5) is 66.6. The second-order valence-corrected chi connectivity index (χ2v) is 19.7. The molecular weight excluding hydrogens is 909 g/mol. The first kappa shape index (κ1) is 53.6. The number of aliphatic imine (C=N–C) groups is 2. The molecule has 2 aliphatic heterocycles. The molecule has 3 aromatic rings. The average Bonchev–Trinajstić information content (AvgIpc) is 3.90. The Morgan fingerprint density at radius 2 is 1.13 bits per heavy atom. The Morgan fingerprint density at radius 1 is 0.638 bits per heavy atom. The summed E-state index contributed by atoms with van der Waals surface area (Å²) < 4.78 is 12.0. The van der Waals surface area contributed by atoms with Crippen molar-refractivity contribution in [2.24, 2.45) is 9.98 Å². The number of nitrogens with one attached hydrogen (secondary N) is 2. The van der Waals surface area contributed by atoms with Crippen molar-refractivity contribution < 1.29 is 59.3 Å². The van der Waals surface area contributed by atoms with Crippen LogP contribution in [0.25, 0.3) is 0 Å². The maximum absolute atomic E-state index is 14.4. The minimum atomic E-state index is -1.04. The third-order valence-corrected chi connectivity index (χ3v) is 13.4. The van der Waals surface area contributed by atoms with Crippen molar-refractivity contribution in [3.8, 4) is 34.5 Å². The van der Waals surface area contributed by atoms with Crippen LogP contribution in [0.1, 0.15) is 114 Å². The Kier molecular flexibility index (Phi) is 19.6. The molecule has 0 aromatic heterocycles. The maximum atomic E-state index is 14.4. The van der Waals surface area contributed by atoms with Crippen molar-refractivity contribution in [1.82, 2.24) is 20.4 Å². The van der Waals surface area contributed by atoms with Crippen LogP contribution in [0.15, 0.2) is 64.6 Å². The topological polar surface area (TPSA) is 263 Å². The number of hydrogen-bond acceptors (Lipinski definition) is 15. The fourth-order valence-electron chi connectivity index (χ4n) is 8.00. The van der Waals surface area contributed by atoms with Gasteiger partial charge in [0.15, 0.2) is 46.6 Å². The zero-order valence-corrected chi connectivity index (χ0v) is 41.0. The summed E-state index contributed by atoms with van der Waals surface area (Å²) in [6.45, 7) is 11.2. The molecule has 2 heterocycles. The van der Waals surface area contributed by atoms with E-state index in [1.54, 1.807) is 35.4 Å². The van der Waals surface area contributed by atoms with Crippen LogP contribution in [0.2, 0.25) is 0 Å². The first-order valence-corrected chi connectivity index (χ1v) is 24.7. The summed E-state index contributed by atoms with van der Waals surface area (Å²) in [6.07, 6.45) is 5.22. The molecule has 8 N–H and O–H groups in total. The highest BCUT2D eigenvalue weighted by atomic mass is 32.2. The predicted molar refractivity (Wildman–Crippen MR) is 263 cm³/mol. The van der Waals surface area contributed by atoms with Gasteiger partial charge in [0.05, 0.1) is 16.7 Å². The molecule has 0 saturated heterocycles. The summed E-state index contributed by atoms with van der Waals surface area (Å²) in [6, 6.07) is 10.7. The van der Waals surface area contributed by atoms with Gasteiger partial charge < -0.3 is 60.5 Å². The van der Waals surface area contributed by atoms with Crippen LogP contribution in [0.3, 0.4) is 0 Å². The first-order chi connectivity index (χ1) is 32.9. The third kappa shape index (κ3) is 14.8. The number of phenols is 6. The molecule has 4 atom stereocenters. The summed E-state index contributed by atoms with van der Waals surface area (Å²) in [5.74, 6) is -3.35. The highest BCUT2D eigenvalue weighted by Gasteiger charge is 2.39. The monoisotopic (exact) mass is 976 g/mol. The van der Waals surface area contributed by atoms with Crippen molar-refractivity contribution in [1.29, 1.82) is 0 Å². The lowest BCUT2D eigenvalue weighted by Crippen LogP contribution is -2.46. The fourth-order valence-corrected chi connectivity index (χ4v) is 9.13. The van der Waals surface area contributed by atoms with E-state index in [9.17, 15) is 49.8 Å². The van der Waals surface area contributed by atoms with E-state index in [-0.39, 0.29) is 89.1 Å². The van der Waals surface area contributed by atoms with E-state index in [2.05, 4.69) is 41.4 Å². The van der Waals surface area contributed by atoms with E-state index in [1.807, 2.05) is 0 Å². The Bertz CT molecular complexity index is 2330. The predicted octanol–water partition coefficient (Wildman–Crippen LogP) is 5.93. The summed E-state index contributed by atoms with van der Waals surface area (Å²) in [7, 11) is 0. The number of hydrogen-bond donors (Lipinski definition) is 8. The van der Waals surface area contributed by atoms with Gasteiger partial charge in [0, 0.05) is 56.2 Å². The number of unbranched alkanes of at least 4 members (excludes halogenated alkanes) is 3. The van der Waals surface area contributed by atoms with Crippen LogP contribution in [0.5, 0.6) is 34.5 Å². The normalized spacial score (nSPS) is 17.6. The van der Waals surface area contributed by atoms with E-state index in [0.29, 0.717) is 38.8 Å². The van der Waals surface area contributed by atoms with Gasteiger partial charge in [0.2, 0.25) is 17.7 Å². The molecule has 0 aliphatic carbocycles. The van der Waals surface area contributed by atoms with Gasteiger partial charge in [0.25, 0.3) is 17.7 Å². The van der Waals surface area contributed by atoms with Crippen molar-refractivity contribution in [3.63, 3.8) is 0 Å². The number of aromatic hydroxyl groups is 6. The summed E-state index contributed by atoms with van der Waals surface area (Å²) in [5, 5.41) is 67.1. The van der Waals surface area contributed by atoms with Crippen molar-refractivity contribution in [2.45, 2.75) is 121 Å². The van der Waals surface area contributed by atoms with Crippen LogP contribution < -0.4 is 10.6 Å². The summed E-state index contributed by atoms with van der Waals surface area (Å²) >= 11 is 1.81. The molecule has 2 unspecified atom stereocenters. The molecule has 18 nitrogen and oxygen atoms in total. The molecule has 3 aromatic carbocycles. The first-order valence-electron chi connectivity index (χ1n) is 23.7. The lowest BCUT2D eigenvalue weighted by atomic mass is 10.0. The van der Waals surface area contributed by atoms with Gasteiger partial charge in [-0.1, -0.05) is 58.2 Å². The minimum absolute atomic E-state index is 0.00873. The number of phenolic OH excluding ortho intramolecular Hbond substituents is 6. The number of nitrogens with zero attached hydrogens (tertiary/aromatic N) is 4. The number of carbonyl (C=O) groups excluding carboxylic acids is 4. The molecule has 4 amide bonds. The maximum Gasteiger partial charge on any atom is 0.255 e. The molecule has 69 heavy (non-hydrogen) atoms. The van der Waals surface area contributed by atoms with E-state index < -0.39 is 59.1 Å². The standard InChI is InChI=1S/C50H68N6O12S/c1-6-7-8-23-50(4,5)69-30-22-39(60)51-24-9-10-26-55(48(65)40-31(2)67-46(53-40)34-17-12-20-37(58)43(34)62)28-15-29-56(27-14-25-52-45(64)33-16-11-19-36(57)42(33)61)49(66)41-32(3)68-47(54-41)35-18-13-21-38(59)44(35)63/h11-13,16-21,31-32,40-41,57-59,61-63H,6-10,14-15,22-30H2,1-5H3,(H,51,60)(H,52,64)/t31?,32-,40+,41?/m1/s1. The van der Waals surface area contributed by atoms with Crippen LogP contribution >= 0.6 is 11.8 Å². The highest BCUT2D eigenvalue weighted by Crippen LogP contribution is 2.34. The zero-order chi connectivity index (χ0) is 50.3. The molecule has 0 radical (unpaired) electrons. The number of thioether (sulfide) groups is 1. The number of para-hydroxylation sites is 3. The van der Waals surface area contributed by atoms with Crippen molar-refractivity contribution in [2.75, 3.05) is 45.0 Å². The van der Waals surface area contributed by atoms with Gasteiger partial charge in [-0.2, -0.15) is 11.8 Å². The molecular formula is C50H68N6O12S. The van der Waals surface area contributed by atoms with Gasteiger partial charge in [-0.25, -0.2) is 9.98 Å². The van der Waals surface area contributed by atoms with E-state index in [4.69, 9.17) is 9.47 Å². The Labute approximate surface area is 407 Å². The number of carbonyl (C=O) groups is 4. The number of benzene rings is 3. The highest BCUT2D eigenvalue weighted by molar-refractivity contribution is 8.00. The average molecular weight is 977 g/mol. The lowest BCUT2D eigenvalue weighted by molar-refractivity contribution is -0.134. The van der Waals surface area contributed by atoms with Gasteiger partial charge in [-0.3, -0.25) is 19.2 Å². The molecule has 376 valence electrons. The molecule has 5 rings (SSSR count). The molecule has 0 bridgehead atoms. The van der Waals surface area contributed by atoms with Crippen LogP contribution in [0, 0.1) is 0 Å². The minimum Gasteiger partial charge on any atom is -0.504 e. The van der Waals surface area contributed by atoms with E-state index in [0.717, 1.165) is 25.0 Å². The third-order valence-electron chi connectivity index (χ3n) is 12.0. The smallest absolute Gasteiger partial charge is 0.255 e. The van der Waals surface area contributed by atoms with Crippen molar-refractivity contribution >= 4 is 47.2 Å². The van der Waals surface area contributed by atoms with Gasteiger partial charge >= 0.3 is 0 Å². The Balaban J connectivity index is 1.28. The Morgan fingerprint density at radius 3 is 1.68 bits per heavy atom. The largest absolute Gasteiger partial charge is 0.504 e. The zero-order valence-electron chi connectivity index (χ0n) is 40.1. The van der Waals surface area contributed by atoms with Gasteiger partial charge in [-0.15, -0.1) is 0 Å². The molecule has 0 spiro atoms. The number of amides is 4. The molecule has 0 saturated carbocycles. The van der Waals surface area contributed by atoms with Crippen LogP contribution in [-0.4, -0.2) is 150 Å². The Hall–Kier alpha value is -6.37. The SMILES string of the molecule is CCCCCC(C)(C)SCCC(=O)NCCCCN(CCCN(CCCNC(=O)c1cccc(O)c1O)C(=O)C1N=C(c2cccc(O)c2O)O[C@@H]1C)C(=O)[C@H]1N=C(c2cccc(O)c2O)OC1C. The van der Waals surface area contributed by atoms with Gasteiger partial charge in [-0.05, 0) is 82.3 Å².